The number of carbonyl (C=O) groups is 12. The summed E-state index contributed by atoms with van der Waals surface area (Å²) in [5.41, 5.74) is 1.62. The Bertz CT molecular complexity index is 3230. The summed E-state index contributed by atoms with van der Waals surface area (Å²) in [5, 5.41) is -1.36. The number of hydrogen-bond acceptors (Lipinski definition) is 18. The van der Waals surface area contributed by atoms with Crippen molar-refractivity contribution in [3.8, 4) is 0 Å². The molecule has 6 aromatic carbocycles. The monoisotopic (exact) mass is 1100 g/mol. The molecular weight excluding hydrogens is 1060 g/mol. The largest absolute Gasteiger partial charge is 0.465 e. The van der Waals surface area contributed by atoms with Gasteiger partial charge in [0.15, 0.2) is 34.7 Å². The molecule has 0 N–H and O–H groups in total. The van der Waals surface area contributed by atoms with Crippen LogP contribution in [0.4, 0.5) is 0 Å². The summed E-state index contributed by atoms with van der Waals surface area (Å²) in [7, 11) is 0. The van der Waals surface area contributed by atoms with E-state index in [2.05, 4.69) is 0 Å². The fourth-order valence-electron chi connectivity index (χ4n) is 8.96. The zero-order chi connectivity index (χ0) is 55.3. The van der Waals surface area contributed by atoms with Crippen LogP contribution < -0.4 is 0 Å². The molecule has 0 aromatic heterocycles. The number of carbonyl (C=O) groups excluding carboxylic acids is 12. The Hall–Kier alpha value is -8.19. The zero-order valence-corrected chi connectivity index (χ0v) is 44.0. The standard InChI is InChI=1S/C60H44O15S3/c1-2-60(30-73-48(61)21-24-76-57(70)33-15-18-42-45(27-33)54(67)39-12-6-3-9-36(39)51(42)64,31-74-49(62)22-25-77-58(71)34-16-19-43-46(28-34)55(68)40-13-7-4-10-37(40)52(43)65)32-75-50(63)23-26-78-59(72)35-17-20-44-47(29-35)56(69)41-14-8-5-11-38(41)53(44)66/h3-20,27-29H,2,21-26,30-32H2,1H3. The van der Waals surface area contributed by atoms with Crippen molar-refractivity contribution in [1.82, 2.24) is 0 Å². The Morgan fingerprint density at radius 1 is 0.346 bits per heavy atom. The highest BCUT2D eigenvalue weighted by atomic mass is 32.2. The molecule has 0 atom stereocenters. The van der Waals surface area contributed by atoms with Crippen LogP contribution in [0.3, 0.4) is 0 Å². The van der Waals surface area contributed by atoms with Crippen LogP contribution in [-0.4, -0.2) is 105 Å². The second-order valence-corrected chi connectivity index (χ2v) is 21.6. The fourth-order valence-corrected chi connectivity index (χ4v) is 11.2. The van der Waals surface area contributed by atoms with E-state index in [9.17, 15) is 57.5 Å². The van der Waals surface area contributed by atoms with Gasteiger partial charge in [-0.25, -0.2) is 0 Å². The summed E-state index contributed by atoms with van der Waals surface area (Å²) in [6.45, 7) is 0.531. The van der Waals surface area contributed by atoms with Crippen molar-refractivity contribution in [2.45, 2.75) is 32.6 Å². The Balaban J connectivity index is 0.791. The summed E-state index contributed by atoms with van der Waals surface area (Å²) in [6, 6.07) is 32.0. The second-order valence-electron chi connectivity index (χ2n) is 18.4. The van der Waals surface area contributed by atoms with E-state index in [-0.39, 0.29) is 161 Å². The van der Waals surface area contributed by atoms with Crippen LogP contribution in [0.1, 0.15) is 159 Å². The maximum absolute atomic E-state index is 13.2. The lowest BCUT2D eigenvalue weighted by atomic mass is 9.83. The van der Waals surface area contributed by atoms with E-state index in [4.69, 9.17) is 14.2 Å². The van der Waals surface area contributed by atoms with Crippen molar-refractivity contribution in [2.24, 2.45) is 5.41 Å². The molecule has 0 bridgehead atoms. The first-order valence-corrected chi connectivity index (χ1v) is 27.5. The number of ketones is 6. The van der Waals surface area contributed by atoms with Crippen molar-refractivity contribution >= 4 is 103 Å². The van der Waals surface area contributed by atoms with Crippen molar-refractivity contribution in [1.29, 1.82) is 0 Å². The molecular formula is C60H44O15S3. The molecule has 78 heavy (non-hydrogen) atoms. The number of ether oxygens (including phenoxy) is 3. The van der Waals surface area contributed by atoms with Crippen LogP contribution >= 0.6 is 35.3 Å². The predicted octanol–water partition coefficient (Wildman–Crippen LogP) is 9.23. The van der Waals surface area contributed by atoms with E-state index in [0.29, 0.717) is 0 Å². The van der Waals surface area contributed by atoms with Crippen molar-refractivity contribution in [2.75, 3.05) is 37.1 Å². The summed E-state index contributed by atoms with van der Waals surface area (Å²) >= 11 is 2.41. The molecule has 0 unspecified atom stereocenters. The van der Waals surface area contributed by atoms with Gasteiger partial charge >= 0.3 is 17.9 Å². The lowest BCUT2D eigenvalue weighted by Crippen LogP contribution is -2.39. The van der Waals surface area contributed by atoms with Crippen molar-refractivity contribution in [3.05, 3.63) is 211 Å². The van der Waals surface area contributed by atoms with Gasteiger partial charge in [0.2, 0.25) is 15.3 Å². The minimum atomic E-state index is -1.28. The second kappa shape index (κ2) is 23.6. The quantitative estimate of drug-likeness (QED) is 0.0542. The molecule has 0 heterocycles. The minimum Gasteiger partial charge on any atom is -0.465 e. The normalized spacial score (nSPS) is 13.0. The highest BCUT2D eigenvalue weighted by molar-refractivity contribution is 8.14. The molecule has 0 aliphatic heterocycles. The number of rotatable bonds is 19. The number of thioether (sulfide) groups is 3. The van der Waals surface area contributed by atoms with E-state index < -0.39 is 58.5 Å². The van der Waals surface area contributed by atoms with Crippen LogP contribution in [0.15, 0.2) is 127 Å². The Kier molecular flexibility index (Phi) is 16.5. The van der Waals surface area contributed by atoms with Gasteiger partial charge in [0, 0.05) is 101 Å². The molecule has 9 rings (SSSR count). The minimum absolute atomic E-state index is 0.0258. The van der Waals surface area contributed by atoms with Gasteiger partial charge in [-0.05, 0) is 61.0 Å². The van der Waals surface area contributed by atoms with Gasteiger partial charge in [0.1, 0.15) is 19.8 Å². The predicted molar refractivity (Wildman–Crippen MR) is 289 cm³/mol. The molecule has 392 valence electrons. The molecule has 3 aliphatic carbocycles. The van der Waals surface area contributed by atoms with Crippen LogP contribution in [0, 0.1) is 5.41 Å². The highest BCUT2D eigenvalue weighted by Gasteiger charge is 2.36. The first-order chi connectivity index (χ1) is 37.6. The summed E-state index contributed by atoms with van der Waals surface area (Å²) in [5.74, 6) is -4.41. The lowest BCUT2D eigenvalue weighted by Gasteiger charge is -2.31. The maximum Gasteiger partial charge on any atom is 0.306 e. The van der Waals surface area contributed by atoms with Gasteiger partial charge in [-0.15, -0.1) is 0 Å². The zero-order valence-electron chi connectivity index (χ0n) is 41.5. The van der Waals surface area contributed by atoms with E-state index in [1.165, 1.54) is 54.6 Å². The number of esters is 3. The third-order valence-electron chi connectivity index (χ3n) is 13.5. The average Bonchev–Trinajstić information content (AvgIpc) is 3.61. The van der Waals surface area contributed by atoms with E-state index in [1.807, 2.05) is 0 Å². The van der Waals surface area contributed by atoms with E-state index in [1.54, 1.807) is 79.7 Å². The SMILES string of the molecule is CCC(COC(=O)CCSC(=O)c1ccc2c(c1)C(=O)c1ccccc1C2=O)(COC(=O)CCSC(=O)c1ccc2c(c1)C(=O)c1ccccc1C2=O)COC(=O)CCSC(=O)c1ccc2c(c1)C(=O)c1ccccc1C2=O. The summed E-state index contributed by atoms with van der Waals surface area (Å²) in [4.78, 5) is 158. The summed E-state index contributed by atoms with van der Waals surface area (Å²) < 4.78 is 16.9. The first kappa shape index (κ1) is 54.6. The van der Waals surface area contributed by atoms with Crippen LogP contribution in [-0.2, 0) is 28.6 Å². The number of fused-ring (bicyclic) bond motifs is 6. The number of hydrogen-bond donors (Lipinski definition) is 0. The molecule has 0 saturated carbocycles. The smallest absolute Gasteiger partial charge is 0.306 e. The van der Waals surface area contributed by atoms with Gasteiger partial charge in [-0.3, -0.25) is 57.5 Å². The molecule has 0 saturated heterocycles. The Labute approximate surface area is 458 Å². The molecule has 6 aromatic rings. The topological polar surface area (TPSA) is 233 Å². The van der Waals surface area contributed by atoms with Crippen LogP contribution in [0.25, 0.3) is 0 Å². The molecule has 15 nitrogen and oxygen atoms in total. The van der Waals surface area contributed by atoms with Gasteiger partial charge < -0.3 is 14.2 Å². The molecule has 3 aliphatic rings. The van der Waals surface area contributed by atoms with Gasteiger partial charge in [0.25, 0.3) is 0 Å². The third-order valence-corrected chi connectivity index (χ3v) is 16.2. The lowest BCUT2D eigenvalue weighted by molar-refractivity contribution is -0.161. The Morgan fingerprint density at radius 2 is 0.577 bits per heavy atom. The van der Waals surface area contributed by atoms with Crippen molar-refractivity contribution in [3.63, 3.8) is 0 Å². The van der Waals surface area contributed by atoms with Gasteiger partial charge in [0.05, 0.1) is 24.7 Å². The molecule has 18 heteroatoms. The molecule has 0 amide bonds. The average molecular weight is 1100 g/mol. The third kappa shape index (κ3) is 11.4. The van der Waals surface area contributed by atoms with Crippen LogP contribution in [0.2, 0.25) is 0 Å². The van der Waals surface area contributed by atoms with Crippen molar-refractivity contribution < 1.29 is 71.7 Å². The Morgan fingerprint density at radius 3 is 0.821 bits per heavy atom. The molecule has 0 radical (unpaired) electrons. The maximum atomic E-state index is 13.2. The van der Waals surface area contributed by atoms with Gasteiger partial charge in [-0.1, -0.05) is 115 Å². The highest BCUT2D eigenvalue weighted by Crippen LogP contribution is 2.33. The first-order valence-electron chi connectivity index (χ1n) is 24.5. The van der Waals surface area contributed by atoms with Crippen LogP contribution in [0.5, 0.6) is 0 Å². The number of benzene rings is 6. The molecule has 0 spiro atoms. The molecule has 0 fully saturated rings. The summed E-state index contributed by atoms with van der Waals surface area (Å²) in [6.07, 6.45) is -0.573. The van der Waals surface area contributed by atoms with E-state index >= 15 is 0 Å². The van der Waals surface area contributed by atoms with Gasteiger partial charge in [-0.2, -0.15) is 0 Å². The van der Waals surface area contributed by atoms with E-state index in [0.717, 1.165) is 35.3 Å². The fraction of sp³-hybridized carbons (Fsp3) is 0.200.